The molecule has 166 valence electrons. The summed E-state index contributed by atoms with van der Waals surface area (Å²) in [6, 6.07) is 28.6. The van der Waals surface area contributed by atoms with Gasteiger partial charge in [0.05, 0.1) is 6.04 Å². The molecule has 33 heavy (non-hydrogen) atoms. The first-order valence-corrected chi connectivity index (χ1v) is 11.7. The van der Waals surface area contributed by atoms with Gasteiger partial charge in [-0.05, 0) is 35.4 Å². The van der Waals surface area contributed by atoms with Crippen LogP contribution in [0.1, 0.15) is 27.9 Å². The first-order chi connectivity index (χ1) is 16.2. The Kier molecular flexibility index (Phi) is 6.32. The number of hydrogen-bond donors (Lipinski definition) is 0. The summed E-state index contributed by atoms with van der Waals surface area (Å²) in [4.78, 5) is 17.2. The van der Waals surface area contributed by atoms with Gasteiger partial charge in [-0.3, -0.25) is 9.69 Å². The predicted molar refractivity (Wildman–Crippen MR) is 130 cm³/mol. The average molecular weight is 503 g/mol. The molecule has 0 saturated carbocycles. The van der Waals surface area contributed by atoms with Crippen LogP contribution in [0.4, 0.5) is 0 Å². The van der Waals surface area contributed by atoms with E-state index in [1.807, 2.05) is 36.4 Å². The average Bonchev–Trinajstić information content (AvgIpc) is 3.37. The van der Waals surface area contributed by atoms with Gasteiger partial charge in [0, 0.05) is 36.2 Å². The molecule has 1 saturated heterocycles. The van der Waals surface area contributed by atoms with Crippen molar-refractivity contribution in [2.75, 3.05) is 26.2 Å². The molecule has 1 fully saturated rings. The number of nitrogens with zero attached hydrogens (tertiary/aromatic N) is 4. The van der Waals surface area contributed by atoms with Gasteiger partial charge in [0.2, 0.25) is 5.89 Å². The second kappa shape index (κ2) is 9.68. The molecule has 0 N–H and O–H groups in total. The van der Waals surface area contributed by atoms with E-state index in [1.54, 1.807) is 4.90 Å². The lowest BCUT2D eigenvalue weighted by Crippen LogP contribution is -2.50. The molecule has 5 rings (SSSR count). The molecule has 1 amide bonds. The minimum atomic E-state index is -0.218. The van der Waals surface area contributed by atoms with Gasteiger partial charge in [0.15, 0.2) is 0 Å². The summed E-state index contributed by atoms with van der Waals surface area (Å²) in [5, 5.41) is 8.05. The zero-order valence-electron chi connectivity index (χ0n) is 18.0. The Bertz CT molecular complexity index is 1200. The highest BCUT2D eigenvalue weighted by molar-refractivity contribution is 9.10. The first kappa shape index (κ1) is 21.6. The van der Waals surface area contributed by atoms with E-state index in [1.165, 1.54) is 11.1 Å². The van der Waals surface area contributed by atoms with E-state index in [4.69, 9.17) is 4.42 Å². The van der Waals surface area contributed by atoms with Crippen LogP contribution in [0.25, 0.3) is 11.5 Å². The zero-order chi connectivity index (χ0) is 22.6. The second-order valence-electron chi connectivity index (χ2n) is 7.97. The van der Waals surface area contributed by atoms with Crippen molar-refractivity contribution in [3.63, 3.8) is 0 Å². The van der Waals surface area contributed by atoms with Crippen molar-refractivity contribution in [3.8, 4) is 11.5 Å². The summed E-state index contributed by atoms with van der Waals surface area (Å²) in [6.07, 6.45) is 0. The second-order valence-corrected chi connectivity index (χ2v) is 8.89. The van der Waals surface area contributed by atoms with E-state index in [2.05, 4.69) is 79.6 Å². The van der Waals surface area contributed by atoms with Crippen LogP contribution in [0.15, 0.2) is 93.8 Å². The van der Waals surface area contributed by atoms with Crippen LogP contribution in [-0.4, -0.2) is 52.1 Å². The number of halogens is 1. The standard InChI is InChI=1S/C26H23BrN4O2/c27-22-13-11-20(12-14-22)23(19-7-3-1-4-8-19)30-15-17-31(18-16-30)26(32)25-29-28-24(33-25)21-9-5-2-6-10-21/h1-14,23H,15-18H2/t23-/m0/s1. The fourth-order valence-electron chi connectivity index (χ4n) is 4.22. The molecule has 0 spiro atoms. The smallest absolute Gasteiger partial charge is 0.311 e. The number of amides is 1. The fourth-order valence-corrected chi connectivity index (χ4v) is 4.48. The van der Waals surface area contributed by atoms with Gasteiger partial charge < -0.3 is 9.32 Å². The van der Waals surface area contributed by atoms with Crippen molar-refractivity contribution in [2.45, 2.75) is 6.04 Å². The summed E-state index contributed by atoms with van der Waals surface area (Å²) in [7, 11) is 0. The van der Waals surface area contributed by atoms with E-state index < -0.39 is 0 Å². The quantitative estimate of drug-likeness (QED) is 0.382. The van der Waals surface area contributed by atoms with E-state index in [-0.39, 0.29) is 17.8 Å². The summed E-state index contributed by atoms with van der Waals surface area (Å²) < 4.78 is 6.74. The number of carbonyl (C=O) groups is 1. The first-order valence-electron chi connectivity index (χ1n) is 10.9. The third kappa shape index (κ3) is 4.74. The Hall–Kier alpha value is -3.29. The summed E-state index contributed by atoms with van der Waals surface area (Å²) in [5.41, 5.74) is 3.27. The van der Waals surface area contributed by atoms with Gasteiger partial charge >= 0.3 is 11.8 Å². The van der Waals surface area contributed by atoms with Gasteiger partial charge in [-0.15, -0.1) is 10.2 Å². The molecule has 1 aliphatic rings. The van der Waals surface area contributed by atoms with Crippen LogP contribution < -0.4 is 0 Å². The molecule has 0 unspecified atom stereocenters. The topological polar surface area (TPSA) is 62.5 Å². The Morgan fingerprint density at radius 3 is 2.06 bits per heavy atom. The zero-order valence-corrected chi connectivity index (χ0v) is 19.6. The van der Waals surface area contributed by atoms with Crippen molar-refractivity contribution in [2.24, 2.45) is 0 Å². The summed E-state index contributed by atoms with van der Waals surface area (Å²) >= 11 is 3.53. The van der Waals surface area contributed by atoms with Crippen LogP contribution in [0.3, 0.4) is 0 Å². The van der Waals surface area contributed by atoms with Crippen molar-refractivity contribution in [1.29, 1.82) is 0 Å². The SMILES string of the molecule is O=C(c1nnc(-c2ccccc2)o1)N1CCN([C@@H](c2ccccc2)c2ccc(Br)cc2)CC1. The molecule has 3 aromatic carbocycles. The summed E-state index contributed by atoms with van der Waals surface area (Å²) in [5.74, 6) is 0.177. The monoisotopic (exact) mass is 502 g/mol. The van der Waals surface area contributed by atoms with Crippen LogP contribution >= 0.6 is 15.9 Å². The van der Waals surface area contributed by atoms with Gasteiger partial charge in [-0.2, -0.15) is 0 Å². The molecule has 4 aromatic rings. The largest absolute Gasteiger partial charge is 0.412 e. The van der Waals surface area contributed by atoms with Gasteiger partial charge in [0.25, 0.3) is 0 Å². The Morgan fingerprint density at radius 1 is 0.788 bits per heavy atom. The molecular formula is C26H23BrN4O2. The maximum Gasteiger partial charge on any atom is 0.311 e. The van der Waals surface area contributed by atoms with Crippen LogP contribution in [-0.2, 0) is 0 Å². The van der Waals surface area contributed by atoms with Crippen molar-refractivity contribution < 1.29 is 9.21 Å². The maximum absolute atomic E-state index is 13.0. The third-order valence-electron chi connectivity index (χ3n) is 5.90. The highest BCUT2D eigenvalue weighted by Gasteiger charge is 2.30. The van der Waals surface area contributed by atoms with Gasteiger partial charge in [0.1, 0.15) is 0 Å². The number of aromatic nitrogens is 2. The van der Waals surface area contributed by atoms with Gasteiger partial charge in [-0.1, -0.05) is 76.6 Å². The third-order valence-corrected chi connectivity index (χ3v) is 6.43. The van der Waals surface area contributed by atoms with Crippen molar-refractivity contribution in [3.05, 3.63) is 106 Å². The predicted octanol–water partition coefficient (Wildman–Crippen LogP) is 5.05. The molecule has 1 aliphatic heterocycles. The van der Waals surface area contributed by atoms with E-state index >= 15 is 0 Å². The number of rotatable bonds is 5. The lowest BCUT2D eigenvalue weighted by atomic mass is 9.96. The van der Waals surface area contributed by atoms with Crippen LogP contribution in [0, 0.1) is 0 Å². The Labute approximate surface area is 201 Å². The molecular weight excluding hydrogens is 480 g/mol. The molecule has 1 atom stereocenters. The van der Waals surface area contributed by atoms with Crippen LogP contribution in [0.2, 0.25) is 0 Å². The van der Waals surface area contributed by atoms with E-state index in [9.17, 15) is 4.79 Å². The van der Waals surface area contributed by atoms with E-state index in [0.29, 0.717) is 19.0 Å². The molecule has 6 nitrogen and oxygen atoms in total. The molecule has 7 heteroatoms. The lowest BCUT2D eigenvalue weighted by molar-refractivity contribution is 0.0561. The number of benzene rings is 3. The Balaban J connectivity index is 1.30. The molecule has 2 heterocycles. The molecule has 1 aromatic heterocycles. The maximum atomic E-state index is 13.0. The highest BCUT2D eigenvalue weighted by atomic mass is 79.9. The molecule has 0 radical (unpaired) electrons. The molecule has 0 bridgehead atoms. The number of hydrogen-bond acceptors (Lipinski definition) is 5. The van der Waals surface area contributed by atoms with Crippen molar-refractivity contribution >= 4 is 21.8 Å². The summed E-state index contributed by atoms with van der Waals surface area (Å²) in [6.45, 7) is 2.70. The minimum absolute atomic E-state index is 0.0369. The van der Waals surface area contributed by atoms with Crippen LogP contribution in [0.5, 0.6) is 0 Å². The lowest BCUT2D eigenvalue weighted by Gasteiger charge is -2.39. The number of carbonyl (C=O) groups excluding carboxylic acids is 1. The fraction of sp³-hybridized carbons (Fsp3) is 0.192. The van der Waals surface area contributed by atoms with Crippen molar-refractivity contribution in [1.82, 2.24) is 20.0 Å². The van der Waals surface area contributed by atoms with E-state index in [0.717, 1.165) is 23.1 Å². The normalized spacial score (nSPS) is 15.4. The van der Waals surface area contributed by atoms with Gasteiger partial charge in [-0.25, -0.2) is 0 Å². The number of piperazine rings is 1. The molecule has 0 aliphatic carbocycles. The highest BCUT2D eigenvalue weighted by Crippen LogP contribution is 2.30. The Morgan fingerprint density at radius 2 is 1.39 bits per heavy atom. The minimum Gasteiger partial charge on any atom is -0.412 e.